The highest BCUT2D eigenvalue weighted by atomic mass is 16.3. The van der Waals surface area contributed by atoms with Gasteiger partial charge in [-0.15, -0.1) is 0 Å². The number of anilines is 1. The first-order valence-corrected chi connectivity index (χ1v) is 5.45. The second kappa shape index (κ2) is 5.59. The van der Waals surface area contributed by atoms with Crippen molar-refractivity contribution in [3.63, 3.8) is 0 Å². The van der Waals surface area contributed by atoms with E-state index < -0.39 is 0 Å². The summed E-state index contributed by atoms with van der Waals surface area (Å²) in [6, 6.07) is 3.72. The highest BCUT2D eigenvalue weighted by molar-refractivity contribution is 6.07. The minimum absolute atomic E-state index is 0.0466. The monoisotopic (exact) mass is 233 g/mol. The van der Waals surface area contributed by atoms with Gasteiger partial charge in [-0.05, 0) is 31.5 Å². The minimum atomic E-state index is -0.0466. The van der Waals surface area contributed by atoms with E-state index in [0.717, 1.165) is 28.1 Å². The molecule has 0 radical (unpaired) electrons. The van der Waals surface area contributed by atoms with Gasteiger partial charge in [0.05, 0.1) is 6.61 Å². The first-order chi connectivity index (χ1) is 8.04. The molecular formula is C13H19N3O. The standard InChI is InChI=1S/C13H19N3O/c1-8(15-3)11-6-12(9(2)16-4)13(14)5-10(11)7-17/h5-6,17H,7,14H2,1-4H3. The van der Waals surface area contributed by atoms with Gasteiger partial charge in [-0.2, -0.15) is 0 Å². The van der Waals surface area contributed by atoms with Crippen LogP contribution in [0.25, 0.3) is 0 Å². The lowest BCUT2D eigenvalue weighted by atomic mass is 9.97. The molecule has 0 atom stereocenters. The van der Waals surface area contributed by atoms with Crippen LogP contribution in [0.1, 0.15) is 30.5 Å². The minimum Gasteiger partial charge on any atom is -0.398 e. The van der Waals surface area contributed by atoms with Crippen molar-refractivity contribution in [1.29, 1.82) is 0 Å². The third-order valence-corrected chi connectivity index (χ3v) is 2.90. The summed E-state index contributed by atoms with van der Waals surface area (Å²) in [7, 11) is 3.46. The van der Waals surface area contributed by atoms with Gasteiger partial charge in [0.2, 0.25) is 0 Å². The number of nitrogens with zero attached hydrogens (tertiary/aromatic N) is 2. The normalized spacial score (nSPS) is 13.0. The Bertz CT molecular complexity index is 476. The van der Waals surface area contributed by atoms with E-state index in [4.69, 9.17) is 5.73 Å². The largest absolute Gasteiger partial charge is 0.398 e. The average molecular weight is 233 g/mol. The molecule has 17 heavy (non-hydrogen) atoms. The molecule has 92 valence electrons. The molecule has 3 N–H and O–H groups in total. The van der Waals surface area contributed by atoms with Gasteiger partial charge in [0.15, 0.2) is 0 Å². The fraction of sp³-hybridized carbons (Fsp3) is 0.385. The quantitative estimate of drug-likeness (QED) is 0.615. The molecule has 0 amide bonds. The second-order valence-corrected chi connectivity index (χ2v) is 3.87. The van der Waals surface area contributed by atoms with E-state index in [1.165, 1.54) is 0 Å². The summed E-state index contributed by atoms with van der Waals surface area (Å²) < 4.78 is 0. The number of hydrogen-bond acceptors (Lipinski definition) is 4. The van der Waals surface area contributed by atoms with E-state index in [1.807, 2.05) is 19.9 Å². The maximum atomic E-state index is 9.33. The first kappa shape index (κ1) is 13.4. The number of nitrogens with two attached hydrogens (primary N) is 1. The number of rotatable bonds is 3. The second-order valence-electron chi connectivity index (χ2n) is 3.87. The van der Waals surface area contributed by atoms with E-state index in [-0.39, 0.29) is 6.61 Å². The lowest BCUT2D eigenvalue weighted by Crippen LogP contribution is -2.08. The zero-order valence-electron chi connectivity index (χ0n) is 10.8. The molecule has 0 heterocycles. The number of benzene rings is 1. The zero-order valence-corrected chi connectivity index (χ0v) is 10.8. The molecule has 0 aliphatic heterocycles. The Kier molecular flexibility index (Phi) is 4.40. The Morgan fingerprint density at radius 2 is 1.65 bits per heavy atom. The van der Waals surface area contributed by atoms with Crippen LogP contribution in [0, 0.1) is 0 Å². The fourth-order valence-corrected chi connectivity index (χ4v) is 1.69. The van der Waals surface area contributed by atoms with Gasteiger partial charge < -0.3 is 10.8 Å². The predicted octanol–water partition coefficient (Wildman–Crippen LogP) is 1.64. The van der Waals surface area contributed by atoms with Crippen LogP contribution >= 0.6 is 0 Å². The maximum absolute atomic E-state index is 9.33. The molecule has 0 aliphatic rings. The third kappa shape index (κ3) is 2.71. The van der Waals surface area contributed by atoms with Gasteiger partial charge in [0.25, 0.3) is 0 Å². The third-order valence-electron chi connectivity index (χ3n) is 2.90. The van der Waals surface area contributed by atoms with Gasteiger partial charge in [0, 0.05) is 42.3 Å². The molecule has 4 heteroatoms. The smallest absolute Gasteiger partial charge is 0.0689 e. The highest BCUT2D eigenvalue weighted by Gasteiger charge is 2.11. The Morgan fingerprint density at radius 1 is 1.12 bits per heavy atom. The zero-order chi connectivity index (χ0) is 13.0. The van der Waals surface area contributed by atoms with Crippen molar-refractivity contribution >= 4 is 17.1 Å². The highest BCUT2D eigenvalue weighted by Crippen LogP contribution is 2.21. The summed E-state index contributed by atoms with van der Waals surface area (Å²) in [4.78, 5) is 8.28. The van der Waals surface area contributed by atoms with Crippen molar-refractivity contribution in [2.24, 2.45) is 9.98 Å². The van der Waals surface area contributed by atoms with Crippen LogP contribution in [0.15, 0.2) is 22.1 Å². The van der Waals surface area contributed by atoms with Crippen LogP contribution in [0.2, 0.25) is 0 Å². The topological polar surface area (TPSA) is 71.0 Å². The molecular weight excluding hydrogens is 214 g/mol. The SMILES string of the molecule is CN=C(C)c1cc(C(C)=NC)c(CO)cc1N. The summed E-state index contributed by atoms with van der Waals surface area (Å²) in [5.74, 6) is 0. The van der Waals surface area contributed by atoms with Crippen molar-refractivity contribution in [3.8, 4) is 0 Å². The molecule has 1 aromatic carbocycles. The van der Waals surface area contributed by atoms with Crippen LogP contribution in [0.4, 0.5) is 5.69 Å². The molecule has 0 saturated heterocycles. The lowest BCUT2D eigenvalue weighted by molar-refractivity contribution is 0.281. The molecule has 0 unspecified atom stereocenters. The first-order valence-electron chi connectivity index (χ1n) is 5.45. The summed E-state index contributed by atoms with van der Waals surface area (Å²) in [6.07, 6.45) is 0. The van der Waals surface area contributed by atoms with E-state index in [1.54, 1.807) is 20.2 Å². The van der Waals surface area contributed by atoms with Crippen LogP contribution in [0.3, 0.4) is 0 Å². The summed E-state index contributed by atoms with van der Waals surface area (Å²) >= 11 is 0. The van der Waals surface area contributed by atoms with Gasteiger partial charge >= 0.3 is 0 Å². The Hall–Kier alpha value is -1.68. The van der Waals surface area contributed by atoms with Gasteiger partial charge in [-0.3, -0.25) is 9.98 Å². The van der Waals surface area contributed by atoms with Crippen LogP contribution in [-0.4, -0.2) is 30.6 Å². The van der Waals surface area contributed by atoms with Crippen molar-refractivity contribution in [2.75, 3.05) is 19.8 Å². The molecule has 0 fully saturated rings. The summed E-state index contributed by atoms with van der Waals surface area (Å²) in [5.41, 5.74) is 10.9. The number of hydrogen-bond donors (Lipinski definition) is 2. The predicted molar refractivity (Wildman–Crippen MR) is 73.0 cm³/mol. The molecule has 0 bridgehead atoms. The molecule has 0 aromatic heterocycles. The fourth-order valence-electron chi connectivity index (χ4n) is 1.69. The van der Waals surface area contributed by atoms with Gasteiger partial charge in [-0.1, -0.05) is 0 Å². The number of nitrogen functional groups attached to an aromatic ring is 1. The number of aliphatic imine (C=N–C) groups is 2. The molecule has 4 nitrogen and oxygen atoms in total. The van der Waals surface area contributed by atoms with Gasteiger partial charge in [0.1, 0.15) is 0 Å². The van der Waals surface area contributed by atoms with E-state index >= 15 is 0 Å². The van der Waals surface area contributed by atoms with Crippen molar-refractivity contribution in [1.82, 2.24) is 0 Å². The van der Waals surface area contributed by atoms with Crippen molar-refractivity contribution in [2.45, 2.75) is 20.5 Å². The van der Waals surface area contributed by atoms with Crippen LogP contribution in [-0.2, 0) is 6.61 Å². The molecule has 1 aromatic rings. The summed E-state index contributed by atoms with van der Waals surface area (Å²) in [6.45, 7) is 3.77. The molecule has 0 saturated carbocycles. The van der Waals surface area contributed by atoms with Crippen LogP contribution < -0.4 is 5.73 Å². The Balaban J connectivity index is 3.48. The van der Waals surface area contributed by atoms with Crippen molar-refractivity contribution < 1.29 is 5.11 Å². The van der Waals surface area contributed by atoms with Crippen LogP contribution in [0.5, 0.6) is 0 Å². The van der Waals surface area contributed by atoms with Crippen molar-refractivity contribution in [3.05, 3.63) is 28.8 Å². The number of aliphatic hydroxyl groups excluding tert-OH is 1. The Morgan fingerprint density at radius 3 is 2.12 bits per heavy atom. The van der Waals surface area contributed by atoms with E-state index in [9.17, 15) is 5.11 Å². The lowest BCUT2D eigenvalue weighted by Gasteiger charge is -2.12. The van der Waals surface area contributed by atoms with Gasteiger partial charge in [-0.25, -0.2) is 0 Å². The Labute approximate surface area is 102 Å². The molecule has 0 aliphatic carbocycles. The number of aliphatic hydroxyl groups is 1. The maximum Gasteiger partial charge on any atom is 0.0689 e. The van der Waals surface area contributed by atoms with E-state index in [0.29, 0.717) is 5.69 Å². The summed E-state index contributed by atoms with van der Waals surface area (Å²) in [5, 5.41) is 9.33. The molecule has 1 rings (SSSR count). The average Bonchev–Trinajstić information content (AvgIpc) is 2.36. The van der Waals surface area contributed by atoms with E-state index in [2.05, 4.69) is 9.98 Å². The molecule has 0 spiro atoms.